The van der Waals surface area contributed by atoms with Gasteiger partial charge in [-0.05, 0) is 12.5 Å². The summed E-state index contributed by atoms with van der Waals surface area (Å²) in [6.07, 6.45) is 1.92. The molecule has 0 rings (SSSR count). The van der Waals surface area contributed by atoms with Crippen molar-refractivity contribution >= 4 is 5.91 Å². The van der Waals surface area contributed by atoms with E-state index < -0.39 is 0 Å². The molecule has 0 radical (unpaired) electrons. The molecule has 0 spiro atoms. The minimum Gasteiger partial charge on any atom is -0.394 e. The molecule has 2 N–H and O–H groups in total. The molecule has 0 bridgehead atoms. The van der Waals surface area contributed by atoms with Gasteiger partial charge in [0, 0.05) is 0 Å². The van der Waals surface area contributed by atoms with Gasteiger partial charge in [0.1, 0.15) is 0 Å². The average molecular weight is 143 g/mol. The Bertz CT molecular complexity index is 119. The lowest BCUT2D eigenvalue weighted by Gasteiger charge is -2.11. The highest BCUT2D eigenvalue weighted by Gasteiger charge is 2.04. The molecule has 0 aromatic carbocycles. The highest BCUT2D eigenvalue weighted by atomic mass is 16.3. The highest BCUT2D eigenvalue weighted by molar-refractivity contribution is 5.87. The summed E-state index contributed by atoms with van der Waals surface area (Å²) in [4.78, 5) is 10.6. The van der Waals surface area contributed by atoms with Crippen LogP contribution in [0.4, 0.5) is 0 Å². The normalized spacial score (nSPS) is 12.2. The molecule has 10 heavy (non-hydrogen) atoms. The van der Waals surface area contributed by atoms with Crippen LogP contribution in [0.3, 0.4) is 0 Å². The zero-order chi connectivity index (χ0) is 7.98. The average Bonchev–Trinajstić information content (AvgIpc) is 1.99. The number of hydrogen-bond donors (Lipinski definition) is 2. The van der Waals surface area contributed by atoms with Crippen LogP contribution in [-0.2, 0) is 4.79 Å². The molecule has 0 saturated heterocycles. The molecule has 0 aliphatic heterocycles. The third-order valence-corrected chi connectivity index (χ3v) is 1.24. The molecule has 58 valence electrons. The summed E-state index contributed by atoms with van der Waals surface area (Å²) in [5, 5.41) is 11.2. The quantitative estimate of drug-likeness (QED) is 0.547. The minimum absolute atomic E-state index is 0.0178. The van der Waals surface area contributed by atoms with Crippen molar-refractivity contribution in [1.29, 1.82) is 0 Å². The van der Waals surface area contributed by atoms with Crippen LogP contribution >= 0.6 is 0 Å². The first-order valence-electron chi connectivity index (χ1n) is 3.28. The van der Waals surface area contributed by atoms with Crippen LogP contribution < -0.4 is 5.32 Å². The van der Waals surface area contributed by atoms with Crippen molar-refractivity contribution in [2.75, 3.05) is 6.61 Å². The van der Waals surface area contributed by atoms with Crippen molar-refractivity contribution in [1.82, 2.24) is 5.32 Å². The summed E-state index contributed by atoms with van der Waals surface area (Å²) in [6.45, 7) is 5.16. The minimum atomic E-state index is -0.235. The van der Waals surface area contributed by atoms with Gasteiger partial charge in [0.25, 0.3) is 0 Å². The molecule has 3 nitrogen and oxygen atoms in total. The largest absolute Gasteiger partial charge is 0.394 e. The molecule has 0 aliphatic rings. The molecule has 0 fully saturated rings. The van der Waals surface area contributed by atoms with Crippen LogP contribution in [0.5, 0.6) is 0 Å². The molecule has 0 heterocycles. The zero-order valence-electron chi connectivity index (χ0n) is 6.13. The lowest BCUT2D eigenvalue weighted by molar-refractivity contribution is -0.117. The fourth-order valence-electron chi connectivity index (χ4n) is 0.537. The van der Waals surface area contributed by atoms with Gasteiger partial charge in [0.05, 0.1) is 12.6 Å². The van der Waals surface area contributed by atoms with Gasteiger partial charge in [-0.15, -0.1) is 0 Å². The number of nitrogens with one attached hydrogen (secondary N) is 1. The van der Waals surface area contributed by atoms with E-state index in [0.717, 1.165) is 6.42 Å². The van der Waals surface area contributed by atoms with Gasteiger partial charge >= 0.3 is 0 Å². The lowest BCUT2D eigenvalue weighted by Crippen LogP contribution is -2.35. The summed E-state index contributed by atoms with van der Waals surface area (Å²) < 4.78 is 0. The molecule has 0 saturated carbocycles. The third kappa shape index (κ3) is 3.25. The van der Waals surface area contributed by atoms with Gasteiger partial charge in [-0.25, -0.2) is 0 Å². The number of rotatable bonds is 4. The summed E-state index contributed by atoms with van der Waals surface area (Å²) in [5.74, 6) is -0.235. The Balaban J connectivity index is 3.62. The SMILES string of the molecule is C=CC(=O)N[C@H](CC)CO. The Morgan fingerprint density at radius 3 is 2.80 bits per heavy atom. The van der Waals surface area contributed by atoms with E-state index in [1.54, 1.807) is 0 Å². The molecular formula is C7H13NO2. The standard InChI is InChI=1S/C7H13NO2/c1-3-6(5-9)8-7(10)4-2/h4,6,9H,2-3,5H2,1H3,(H,8,10)/t6-/m1/s1. The van der Waals surface area contributed by atoms with Crippen LogP contribution in [0.25, 0.3) is 0 Å². The first-order chi connectivity index (χ1) is 4.74. The Morgan fingerprint density at radius 2 is 2.50 bits per heavy atom. The second kappa shape index (κ2) is 4.99. The van der Waals surface area contributed by atoms with Crippen molar-refractivity contribution in [3.8, 4) is 0 Å². The topological polar surface area (TPSA) is 49.3 Å². The number of aliphatic hydroxyl groups excluding tert-OH is 1. The van der Waals surface area contributed by atoms with Gasteiger partial charge in [-0.3, -0.25) is 4.79 Å². The Morgan fingerprint density at radius 1 is 1.90 bits per heavy atom. The van der Waals surface area contributed by atoms with Crippen molar-refractivity contribution < 1.29 is 9.90 Å². The van der Waals surface area contributed by atoms with Crippen LogP contribution in [0.1, 0.15) is 13.3 Å². The smallest absolute Gasteiger partial charge is 0.243 e. The van der Waals surface area contributed by atoms with Gasteiger partial charge in [-0.2, -0.15) is 0 Å². The van der Waals surface area contributed by atoms with E-state index in [9.17, 15) is 4.79 Å². The molecule has 1 amide bonds. The van der Waals surface area contributed by atoms with Crippen LogP contribution in [0, 0.1) is 0 Å². The fourth-order valence-corrected chi connectivity index (χ4v) is 0.537. The van der Waals surface area contributed by atoms with Crippen LogP contribution in [-0.4, -0.2) is 23.7 Å². The number of carbonyl (C=O) groups excluding carboxylic acids is 1. The molecule has 0 aliphatic carbocycles. The number of hydrogen-bond acceptors (Lipinski definition) is 2. The van der Waals surface area contributed by atoms with E-state index in [2.05, 4.69) is 11.9 Å². The summed E-state index contributed by atoms with van der Waals surface area (Å²) in [6, 6.07) is -0.134. The highest BCUT2D eigenvalue weighted by Crippen LogP contribution is 1.87. The Kier molecular flexibility index (Phi) is 4.58. The van der Waals surface area contributed by atoms with Crippen molar-refractivity contribution in [2.45, 2.75) is 19.4 Å². The fraction of sp³-hybridized carbons (Fsp3) is 0.571. The first-order valence-corrected chi connectivity index (χ1v) is 3.28. The maximum Gasteiger partial charge on any atom is 0.243 e. The van der Waals surface area contributed by atoms with E-state index in [-0.39, 0.29) is 18.6 Å². The van der Waals surface area contributed by atoms with Crippen molar-refractivity contribution in [3.05, 3.63) is 12.7 Å². The van der Waals surface area contributed by atoms with Crippen LogP contribution in [0.15, 0.2) is 12.7 Å². The van der Waals surface area contributed by atoms with E-state index in [1.807, 2.05) is 6.92 Å². The maximum atomic E-state index is 10.6. The lowest BCUT2D eigenvalue weighted by atomic mass is 10.2. The van der Waals surface area contributed by atoms with E-state index >= 15 is 0 Å². The molecule has 0 unspecified atom stereocenters. The second-order valence-electron chi connectivity index (χ2n) is 2.00. The van der Waals surface area contributed by atoms with Gasteiger partial charge < -0.3 is 10.4 Å². The third-order valence-electron chi connectivity index (χ3n) is 1.24. The number of amides is 1. The molecule has 3 heteroatoms. The summed E-state index contributed by atoms with van der Waals surface area (Å²) in [5.41, 5.74) is 0. The predicted octanol–water partition coefficient (Wildman–Crippen LogP) is 0.0595. The van der Waals surface area contributed by atoms with Gasteiger partial charge in [-0.1, -0.05) is 13.5 Å². The van der Waals surface area contributed by atoms with Crippen molar-refractivity contribution in [3.63, 3.8) is 0 Å². The molecule has 0 aromatic heterocycles. The predicted molar refractivity (Wildman–Crippen MR) is 39.5 cm³/mol. The Labute approximate surface area is 60.7 Å². The summed E-state index contributed by atoms with van der Waals surface area (Å²) >= 11 is 0. The van der Waals surface area contributed by atoms with E-state index in [1.165, 1.54) is 6.08 Å². The second-order valence-corrected chi connectivity index (χ2v) is 2.00. The molecular weight excluding hydrogens is 130 g/mol. The maximum absolute atomic E-state index is 10.6. The Hall–Kier alpha value is -0.830. The van der Waals surface area contributed by atoms with Gasteiger partial charge in [0.15, 0.2) is 0 Å². The van der Waals surface area contributed by atoms with Crippen molar-refractivity contribution in [2.24, 2.45) is 0 Å². The summed E-state index contributed by atoms with van der Waals surface area (Å²) in [7, 11) is 0. The zero-order valence-corrected chi connectivity index (χ0v) is 6.13. The van der Waals surface area contributed by atoms with E-state index in [4.69, 9.17) is 5.11 Å². The molecule has 0 aromatic rings. The van der Waals surface area contributed by atoms with E-state index in [0.29, 0.717) is 0 Å². The van der Waals surface area contributed by atoms with Gasteiger partial charge in [0.2, 0.25) is 5.91 Å². The van der Waals surface area contributed by atoms with Crippen LogP contribution in [0.2, 0.25) is 0 Å². The first kappa shape index (κ1) is 9.17. The number of aliphatic hydroxyl groups is 1. The molecule has 1 atom stereocenters. The monoisotopic (exact) mass is 143 g/mol. The number of carbonyl (C=O) groups is 1.